The third-order valence-corrected chi connectivity index (χ3v) is 2.77. The van der Waals surface area contributed by atoms with Crippen LogP contribution in [0.15, 0.2) is 12.3 Å². The second-order valence-electron chi connectivity index (χ2n) is 4.36. The van der Waals surface area contributed by atoms with Crippen LogP contribution in [0.25, 0.3) is 0 Å². The van der Waals surface area contributed by atoms with E-state index in [2.05, 4.69) is 27.5 Å². The van der Waals surface area contributed by atoms with E-state index in [4.69, 9.17) is 0 Å². The van der Waals surface area contributed by atoms with E-state index in [-0.39, 0.29) is 0 Å². The van der Waals surface area contributed by atoms with Crippen molar-refractivity contribution in [3.63, 3.8) is 0 Å². The molecule has 15 heavy (non-hydrogen) atoms. The van der Waals surface area contributed by atoms with Gasteiger partial charge < -0.3 is 10.2 Å². The molecule has 2 rings (SSSR count). The fraction of sp³-hybridized carbons (Fsp3) is 0.636. The molecule has 1 aromatic heterocycles. The number of rotatable bonds is 2. The van der Waals surface area contributed by atoms with Gasteiger partial charge in [-0.2, -0.15) is 5.10 Å². The van der Waals surface area contributed by atoms with Gasteiger partial charge in [0.1, 0.15) is 5.82 Å². The second kappa shape index (κ2) is 4.57. The van der Waals surface area contributed by atoms with E-state index in [1.807, 2.05) is 13.0 Å². The smallest absolute Gasteiger partial charge is 0.149 e. The summed E-state index contributed by atoms with van der Waals surface area (Å²) in [5.74, 6) is 0.898. The number of piperidine rings is 1. The lowest BCUT2D eigenvalue weighted by atomic mass is 10.1. The highest BCUT2D eigenvalue weighted by atomic mass is 15.2. The molecule has 1 aliphatic rings. The van der Waals surface area contributed by atoms with Gasteiger partial charge >= 0.3 is 0 Å². The Hall–Kier alpha value is -1.16. The normalized spacial score (nSPS) is 22.7. The zero-order valence-electron chi connectivity index (χ0n) is 9.40. The molecule has 1 aromatic rings. The maximum atomic E-state index is 4.08. The van der Waals surface area contributed by atoms with Crippen LogP contribution in [0.4, 0.5) is 5.82 Å². The molecular weight excluding hydrogens is 188 g/mol. The molecule has 1 aliphatic heterocycles. The van der Waals surface area contributed by atoms with E-state index in [9.17, 15) is 0 Å². The van der Waals surface area contributed by atoms with E-state index >= 15 is 0 Å². The Labute approximate surface area is 90.7 Å². The molecule has 0 saturated carbocycles. The fourth-order valence-corrected chi connectivity index (χ4v) is 2.03. The van der Waals surface area contributed by atoms with Gasteiger partial charge in [0.05, 0.1) is 6.20 Å². The highest BCUT2D eigenvalue weighted by Crippen LogP contribution is 2.13. The van der Waals surface area contributed by atoms with Crippen LogP contribution in [-0.2, 0) is 0 Å². The number of likely N-dealkylation sites (tertiary alicyclic amines) is 1. The minimum atomic E-state index is 0.514. The topological polar surface area (TPSA) is 41.1 Å². The maximum Gasteiger partial charge on any atom is 0.149 e. The van der Waals surface area contributed by atoms with Crippen molar-refractivity contribution >= 4 is 5.82 Å². The number of hydrogen-bond donors (Lipinski definition) is 1. The highest BCUT2D eigenvalue weighted by Gasteiger charge is 2.16. The fourth-order valence-electron chi connectivity index (χ4n) is 2.03. The zero-order valence-corrected chi connectivity index (χ0v) is 9.40. The first-order chi connectivity index (χ1) is 7.24. The van der Waals surface area contributed by atoms with Gasteiger partial charge in [-0.25, -0.2) is 0 Å². The lowest BCUT2D eigenvalue weighted by Gasteiger charge is -2.30. The van der Waals surface area contributed by atoms with E-state index in [1.54, 1.807) is 6.20 Å². The molecule has 0 aliphatic carbocycles. The number of anilines is 1. The van der Waals surface area contributed by atoms with Gasteiger partial charge in [0.15, 0.2) is 0 Å². The van der Waals surface area contributed by atoms with Crippen molar-refractivity contribution in [2.45, 2.75) is 25.8 Å². The molecule has 4 nitrogen and oxygen atoms in total. The van der Waals surface area contributed by atoms with Gasteiger partial charge in [-0.1, -0.05) is 0 Å². The van der Waals surface area contributed by atoms with Crippen molar-refractivity contribution in [1.29, 1.82) is 0 Å². The Morgan fingerprint density at radius 1 is 1.53 bits per heavy atom. The predicted octanol–water partition coefficient (Wildman–Crippen LogP) is 1.29. The quantitative estimate of drug-likeness (QED) is 0.791. The Morgan fingerprint density at radius 3 is 3.13 bits per heavy atom. The molecule has 0 spiro atoms. The van der Waals surface area contributed by atoms with E-state index < -0.39 is 0 Å². The Balaban J connectivity index is 1.96. The molecule has 0 aromatic carbocycles. The van der Waals surface area contributed by atoms with E-state index in [1.165, 1.54) is 19.4 Å². The second-order valence-corrected chi connectivity index (χ2v) is 4.36. The van der Waals surface area contributed by atoms with Gasteiger partial charge in [0.2, 0.25) is 0 Å². The summed E-state index contributed by atoms with van der Waals surface area (Å²) in [5.41, 5.74) is 1.15. The molecule has 0 bridgehead atoms. The first kappa shape index (κ1) is 10.4. The minimum absolute atomic E-state index is 0.514. The number of nitrogens with zero attached hydrogens (tertiary/aromatic N) is 3. The average Bonchev–Trinajstić information content (AvgIpc) is 2.17. The van der Waals surface area contributed by atoms with Gasteiger partial charge in [-0.05, 0) is 45.0 Å². The largest absolute Gasteiger partial charge is 0.365 e. The number of aromatic nitrogens is 2. The first-order valence-corrected chi connectivity index (χ1v) is 5.48. The Kier molecular flexibility index (Phi) is 3.16. The van der Waals surface area contributed by atoms with Crippen molar-refractivity contribution < 1.29 is 0 Å². The molecule has 0 radical (unpaired) electrons. The van der Waals surface area contributed by atoms with Gasteiger partial charge in [0, 0.05) is 12.6 Å². The maximum absolute atomic E-state index is 4.08. The predicted molar refractivity (Wildman–Crippen MR) is 60.9 cm³/mol. The SMILES string of the molecule is Cc1cnnc(N[C@@H]2CCCN(C)C2)c1. The highest BCUT2D eigenvalue weighted by molar-refractivity contribution is 5.36. The van der Waals surface area contributed by atoms with Gasteiger partial charge in [-0.15, -0.1) is 5.10 Å². The van der Waals surface area contributed by atoms with Crippen LogP contribution in [0.1, 0.15) is 18.4 Å². The van der Waals surface area contributed by atoms with Crippen molar-refractivity contribution in [3.8, 4) is 0 Å². The third kappa shape index (κ3) is 2.89. The summed E-state index contributed by atoms with van der Waals surface area (Å²) in [6.45, 7) is 4.33. The summed E-state index contributed by atoms with van der Waals surface area (Å²) in [6, 6.07) is 2.56. The van der Waals surface area contributed by atoms with Crippen LogP contribution in [0, 0.1) is 6.92 Å². The number of nitrogens with one attached hydrogen (secondary N) is 1. The van der Waals surface area contributed by atoms with Crippen LogP contribution < -0.4 is 5.32 Å². The lowest BCUT2D eigenvalue weighted by Crippen LogP contribution is -2.39. The number of aryl methyl sites for hydroxylation is 1. The first-order valence-electron chi connectivity index (χ1n) is 5.48. The summed E-state index contributed by atoms with van der Waals surface area (Å²) < 4.78 is 0. The molecule has 1 N–H and O–H groups in total. The standard InChI is InChI=1S/C11H18N4/c1-9-6-11(14-12-7-9)13-10-4-3-5-15(2)8-10/h6-7,10H,3-5,8H2,1-2H3,(H,13,14)/t10-/m1/s1. The summed E-state index contributed by atoms with van der Waals surface area (Å²) in [6.07, 6.45) is 4.26. The molecule has 2 heterocycles. The Morgan fingerprint density at radius 2 is 2.40 bits per heavy atom. The molecule has 82 valence electrons. The van der Waals surface area contributed by atoms with Crippen molar-refractivity contribution in [3.05, 3.63) is 17.8 Å². The molecule has 0 amide bonds. The van der Waals surface area contributed by atoms with Gasteiger partial charge in [-0.3, -0.25) is 0 Å². The monoisotopic (exact) mass is 206 g/mol. The molecular formula is C11H18N4. The van der Waals surface area contributed by atoms with Crippen LogP contribution >= 0.6 is 0 Å². The van der Waals surface area contributed by atoms with Crippen LogP contribution in [0.5, 0.6) is 0 Å². The van der Waals surface area contributed by atoms with E-state index in [0.29, 0.717) is 6.04 Å². The summed E-state index contributed by atoms with van der Waals surface area (Å²) in [7, 11) is 2.16. The minimum Gasteiger partial charge on any atom is -0.365 e. The van der Waals surface area contributed by atoms with E-state index in [0.717, 1.165) is 17.9 Å². The van der Waals surface area contributed by atoms with Crippen LogP contribution in [0.2, 0.25) is 0 Å². The van der Waals surface area contributed by atoms with Gasteiger partial charge in [0.25, 0.3) is 0 Å². The molecule has 1 fully saturated rings. The molecule has 1 atom stereocenters. The van der Waals surface area contributed by atoms with Crippen molar-refractivity contribution in [2.24, 2.45) is 0 Å². The third-order valence-electron chi connectivity index (χ3n) is 2.77. The van der Waals surface area contributed by atoms with Crippen LogP contribution in [-0.4, -0.2) is 41.3 Å². The zero-order chi connectivity index (χ0) is 10.7. The molecule has 0 unspecified atom stereocenters. The summed E-state index contributed by atoms with van der Waals surface area (Å²) in [4.78, 5) is 2.35. The average molecular weight is 206 g/mol. The lowest BCUT2D eigenvalue weighted by molar-refractivity contribution is 0.260. The number of likely N-dealkylation sites (N-methyl/N-ethyl adjacent to an activating group) is 1. The Bertz CT molecular complexity index is 326. The van der Waals surface area contributed by atoms with Crippen molar-refractivity contribution in [2.75, 3.05) is 25.5 Å². The molecule has 4 heteroatoms. The van der Waals surface area contributed by atoms with Crippen LogP contribution in [0.3, 0.4) is 0 Å². The summed E-state index contributed by atoms with van der Waals surface area (Å²) >= 11 is 0. The summed E-state index contributed by atoms with van der Waals surface area (Å²) in [5, 5.41) is 11.5. The molecule has 1 saturated heterocycles. The number of hydrogen-bond acceptors (Lipinski definition) is 4. The van der Waals surface area contributed by atoms with Crippen molar-refractivity contribution in [1.82, 2.24) is 15.1 Å².